The van der Waals surface area contributed by atoms with E-state index in [4.69, 9.17) is 4.74 Å². The Labute approximate surface area is 176 Å². The molecule has 1 aliphatic carbocycles. The van der Waals surface area contributed by atoms with Crippen LogP contribution in [0.4, 0.5) is 23.7 Å². The van der Waals surface area contributed by atoms with Gasteiger partial charge in [0.1, 0.15) is 6.10 Å². The molecule has 4 rings (SSSR count). The first-order valence-corrected chi connectivity index (χ1v) is 11.3. The molecule has 1 N–H and O–H groups in total. The maximum Gasteiger partial charge on any atom is 0.418 e. The molecule has 0 aromatic heterocycles. The van der Waals surface area contributed by atoms with E-state index in [1.807, 2.05) is 0 Å². The minimum absolute atomic E-state index is 0.217. The van der Waals surface area contributed by atoms with Crippen LogP contribution >= 0.6 is 0 Å². The Morgan fingerprint density at radius 2 is 2.03 bits per heavy atom. The molecule has 4 nitrogen and oxygen atoms in total. The van der Waals surface area contributed by atoms with Gasteiger partial charge in [-0.15, -0.1) is 0 Å². The van der Waals surface area contributed by atoms with Crippen LogP contribution in [0.2, 0.25) is 0 Å². The molecule has 0 radical (unpaired) electrons. The summed E-state index contributed by atoms with van der Waals surface area (Å²) in [5.74, 6) is 0.799. The Morgan fingerprint density at radius 1 is 1.23 bits per heavy atom. The average Bonchev–Trinajstić information content (AvgIpc) is 3.06. The number of halogens is 3. The lowest BCUT2D eigenvalue weighted by Gasteiger charge is -2.49. The number of nitrogens with one attached hydrogen (secondary N) is 1. The van der Waals surface area contributed by atoms with Crippen molar-refractivity contribution in [2.75, 3.05) is 11.9 Å². The van der Waals surface area contributed by atoms with Crippen LogP contribution in [0.1, 0.15) is 63.9 Å². The molecule has 2 bridgehead atoms. The van der Waals surface area contributed by atoms with Crippen molar-refractivity contribution < 1.29 is 22.7 Å². The van der Waals surface area contributed by atoms with Gasteiger partial charge in [-0.25, -0.2) is 4.79 Å². The van der Waals surface area contributed by atoms with E-state index in [-0.39, 0.29) is 17.7 Å². The number of rotatable bonds is 5. The first kappa shape index (κ1) is 21.5. The van der Waals surface area contributed by atoms with Crippen LogP contribution in [-0.2, 0) is 10.9 Å². The lowest BCUT2D eigenvalue weighted by Crippen LogP contribution is -2.55. The highest BCUT2D eigenvalue weighted by Gasteiger charge is 2.52. The SMILES string of the molecule is CCCC[C@H]1C2CC(OC(=O)Nc3ccccc3C(F)(F)F)C(C2)[C@H]2CCCCN21. The van der Waals surface area contributed by atoms with Crippen molar-refractivity contribution in [2.45, 2.75) is 82.7 Å². The molecule has 2 aliphatic heterocycles. The number of fused-ring (bicyclic) bond motifs is 4. The Kier molecular flexibility index (Phi) is 6.28. The number of alkyl halides is 3. The van der Waals surface area contributed by atoms with Gasteiger partial charge >= 0.3 is 12.3 Å². The lowest BCUT2D eigenvalue weighted by atomic mass is 9.79. The zero-order valence-corrected chi connectivity index (χ0v) is 17.5. The molecular formula is C23H31F3N2O2. The number of benzene rings is 1. The average molecular weight is 425 g/mol. The zero-order valence-electron chi connectivity index (χ0n) is 17.5. The number of hydrogen-bond acceptors (Lipinski definition) is 3. The Bertz CT molecular complexity index is 754. The standard InChI is InChI=1S/C23H31F3N2O2/c1-2-3-10-19-15-13-16(20-11-6-7-12-28(19)20)21(14-15)30-22(29)27-18-9-5-4-8-17(18)23(24,25)26/h4-5,8-9,15-16,19-21H,2-3,6-7,10-14H2,1H3,(H,27,29)/t15?,16?,19-,20+,21?/m0/s1. The molecule has 1 saturated carbocycles. The van der Waals surface area contributed by atoms with Crippen LogP contribution in [0.5, 0.6) is 0 Å². The highest BCUT2D eigenvalue weighted by Crippen LogP contribution is 2.49. The summed E-state index contributed by atoms with van der Waals surface area (Å²) in [7, 11) is 0. The molecule has 2 saturated heterocycles. The largest absolute Gasteiger partial charge is 0.446 e. The van der Waals surface area contributed by atoms with Crippen LogP contribution in [0.25, 0.3) is 0 Å². The monoisotopic (exact) mass is 424 g/mol. The Hall–Kier alpha value is -1.76. The molecule has 5 atom stereocenters. The van der Waals surface area contributed by atoms with E-state index in [1.54, 1.807) is 0 Å². The van der Waals surface area contributed by atoms with E-state index < -0.39 is 17.8 Å². The van der Waals surface area contributed by atoms with Gasteiger partial charge in [0.2, 0.25) is 0 Å². The molecule has 0 spiro atoms. The summed E-state index contributed by atoms with van der Waals surface area (Å²) < 4.78 is 45.4. The molecule has 1 amide bonds. The van der Waals surface area contributed by atoms with E-state index in [1.165, 1.54) is 50.3 Å². The van der Waals surface area contributed by atoms with Crippen molar-refractivity contribution in [1.82, 2.24) is 4.90 Å². The van der Waals surface area contributed by atoms with Crippen LogP contribution in [0.15, 0.2) is 24.3 Å². The smallest absolute Gasteiger partial charge is 0.418 e. The van der Waals surface area contributed by atoms with Gasteiger partial charge < -0.3 is 4.74 Å². The number of ether oxygens (including phenoxy) is 1. The molecule has 3 aliphatic rings. The van der Waals surface area contributed by atoms with E-state index >= 15 is 0 Å². The summed E-state index contributed by atoms with van der Waals surface area (Å²) in [6, 6.07) is 6.00. The second-order valence-electron chi connectivity index (χ2n) is 9.02. The summed E-state index contributed by atoms with van der Waals surface area (Å²) >= 11 is 0. The maximum atomic E-state index is 13.2. The summed E-state index contributed by atoms with van der Waals surface area (Å²) in [5, 5.41) is 2.35. The number of anilines is 1. The quantitative estimate of drug-likeness (QED) is 0.623. The number of unbranched alkanes of at least 4 members (excludes halogenated alkanes) is 1. The third kappa shape index (κ3) is 4.32. The van der Waals surface area contributed by atoms with Gasteiger partial charge in [0.25, 0.3) is 0 Å². The molecule has 30 heavy (non-hydrogen) atoms. The predicted molar refractivity (Wildman–Crippen MR) is 109 cm³/mol. The Morgan fingerprint density at radius 3 is 2.80 bits per heavy atom. The van der Waals surface area contributed by atoms with Crippen molar-refractivity contribution in [2.24, 2.45) is 11.8 Å². The van der Waals surface area contributed by atoms with Crippen LogP contribution in [0.3, 0.4) is 0 Å². The number of para-hydroxylation sites is 1. The molecule has 2 heterocycles. The van der Waals surface area contributed by atoms with Crippen LogP contribution in [0, 0.1) is 11.8 Å². The lowest BCUT2D eigenvalue weighted by molar-refractivity contribution is -0.136. The maximum absolute atomic E-state index is 13.2. The molecule has 7 heteroatoms. The van der Waals surface area contributed by atoms with Gasteiger partial charge in [0.15, 0.2) is 0 Å². The molecule has 1 aromatic rings. The molecule has 3 fully saturated rings. The van der Waals surface area contributed by atoms with Crippen molar-refractivity contribution in [3.05, 3.63) is 29.8 Å². The fourth-order valence-corrected chi connectivity index (χ4v) is 5.98. The second kappa shape index (κ2) is 8.77. The minimum atomic E-state index is -4.52. The molecule has 1 aromatic carbocycles. The summed E-state index contributed by atoms with van der Waals surface area (Å²) in [5.41, 5.74) is -1.11. The Balaban J connectivity index is 1.45. The minimum Gasteiger partial charge on any atom is -0.446 e. The van der Waals surface area contributed by atoms with Gasteiger partial charge in [-0.1, -0.05) is 38.3 Å². The van der Waals surface area contributed by atoms with Gasteiger partial charge in [-0.3, -0.25) is 10.2 Å². The predicted octanol–water partition coefficient (Wildman–Crippen LogP) is 6.08. The van der Waals surface area contributed by atoms with Gasteiger partial charge in [0.05, 0.1) is 11.3 Å². The normalized spacial score (nSPS) is 31.3. The highest BCUT2D eigenvalue weighted by atomic mass is 19.4. The third-order valence-electron chi connectivity index (χ3n) is 7.23. The van der Waals surface area contributed by atoms with E-state index in [0.29, 0.717) is 18.0 Å². The number of carbonyl (C=O) groups is 1. The van der Waals surface area contributed by atoms with Gasteiger partial charge in [-0.2, -0.15) is 13.2 Å². The molecule has 166 valence electrons. The number of carbonyl (C=O) groups excluding carboxylic acids is 1. The number of piperidine rings is 2. The van der Waals surface area contributed by atoms with Gasteiger partial charge in [0, 0.05) is 18.0 Å². The van der Waals surface area contributed by atoms with E-state index in [2.05, 4.69) is 17.1 Å². The molecular weight excluding hydrogens is 393 g/mol. The third-order valence-corrected chi connectivity index (χ3v) is 7.23. The van der Waals surface area contributed by atoms with Crippen LogP contribution < -0.4 is 5.32 Å². The first-order valence-electron chi connectivity index (χ1n) is 11.3. The van der Waals surface area contributed by atoms with Gasteiger partial charge in [-0.05, 0) is 56.7 Å². The summed E-state index contributed by atoms with van der Waals surface area (Å²) in [6.45, 7) is 3.33. The highest BCUT2D eigenvalue weighted by molar-refractivity contribution is 5.86. The summed E-state index contributed by atoms with van der Waals surface area (Å²) in [4.78, 5) is 15.2. The number of nitrogens with zero attached hydrogens (tertiary/aromatic N) is 1. The fourth-order valence-electron chi connectivity index (χ4n) is 5.98. The zero-order chi connectivity index (χ0) is 21.3. The van der Waals surface area contributed by atoms with E-state index in [0.717, 1.165) is 31.9 Å². The number of hydrogen-bond donors (Lipinski definition) is 1. The fraction of sp³-hybridized carbons (Fsp3) is 0.696. The number of amides is 1. The second-order valence-corrected chi connectivity index (χ2v) is 9.02. The summed E-state index contributed by atoms with van der Waals surface area (Å²) in [6.07, 6.45) is 3.46. The van der Waals surface area contributed by atoms with Crippen molar-refractivity contribution in [3.63, 3.8) is 0 Å². The van der Waals surface area contributed by atoms with Crippen molar-refractivity contribution in [1.29, 1.82) is 0 Å². The first-order chi connectivity index (χ1) is 14.4. The van der Waals surface area contributed by atoms with E-state index in [9.17, 15) is 18.0 Å². The van der Waals surface area contributed by atoms with Crippen LogP contribution in [-0.4, -0.2) is 35.7 Å². The molecule has 3 unspecified atom stereocenters. The van der Waals surface area contributed by atoms with Crippen molar-refractivity contribution >= 4 is 11.8 Å². The topological polar surface area (TPSA) is 41.6 Å². The van der Waals surface area contributed by atoms with Crippen molar-refractivity contribution in [3.8, 4) is 0 Å².